The van der Waals surface area contributed by atoms with Gasteiger partial charge in [0.05, 0.1) is 20.3 Å². The van der Waals surface area contributed by atoms with Gasteiger partial charge in [-0.05, 0) is 54.5 Å². The Balaban J connectivity index is 1.75. The molecule has 1 aliphatic heterocycles. The van der Waals surface area contributed by atoms with Gasteiger partial charge in [0.1, 0.15) is 23.8 Å². The molecule has 1 fully saturated rings. The number of amides is 1. The molecule has 3 rings (SSSR count). The number of nitrogens with two attached hydrogens (primary N) is 1. The van der Waals surface area contributed by atoms with Crippen LogP contribution in [0.4, 0.5) is 13.6 Å². The maximum absolute atomic E-state index is 13.9. The number of unbranched alkanes of at least 4 members (excludes halogenated alkanes) is 1. The molecule has 1 aliphatic rings. The lowest BCUT2D eigenvalue weighted by Crippen LogP contribution is -2.50. The second-order valence-corrected chi connectivity index (χ2v) is 10.9. The molecular weight excluding hydrogens is 560 g/mol. The molecule has 1 unspecified atom stereocenters. The summed E-state index contributed by atoms with van der Waals surface area (Å²) in [6.07, 6.45) is 2.28. The first-order valence-corrected chi connectivity index (χ1v) is 15.0. The fourth-order valence-electron chi connectivity index (χ4n) is 5.13. The monoisotopic (exact) mass is 605 g/mol. The van der Waals surface area contributed by atoms with Crippen molar-refractivity contribution in [3.63, 3.8) is 0 Å². The van der Waals surface area contributed by atoms with Crippen LogP contribution in [0.2, 0.25) is 0 Å². The third-order valence-electron chi connectivity index (χ3n) is 7.51. The fourth-order valence-corrected chi connectivity index (χ4v) is 5.13. The van der Waals surface area contributed by atoms with Gasteiger partial charge in [-0.1, -0.05) is 44.5 Å². The molecule has 43 heavy (non-hydrogen) atoms. The molecule has 4 N–H and O–H groups in total. The van der Waals surface area contributed by atoms with Crippen LogP contribution in [0.25, 0.3) is 0 Å². The standard InChI is InChI=1S/C32H45F2N3O6/c1-4-6-11-32(41-13-14-42-32)12-10-28(37-31(39)40-3)30(38)43-29(21-36-20-23-9-7-8-22(5-2)15-23)27(35)18-24-16-25(33)19-26(34)17-24/h7-9,15-17,19,27-29,36H,4-6,10-14,18,20-21,35H2,1-3H3,(H,37,39)/t27?,28-,29-/m1/s1. The Bertz CT molecular complexity index is 1160. The van der Waals surface area contributed by atoms with Gasteiger partial charge in [-0.3, -0.25) is 0 Å². The number of methoxy groups -OCH3 is 1. The number of nitrogens with one attached hydrogen (secondary N) is 2. The SMILES string of the molecule is CCCCC1(CC[C@@H](NC(=O)OC)C(=O)O[C@H](CNCc2cccc(CC)c2)C(N)Cc2cc(F)cc(F)c2)OCCO1. The predicted molar refractivity (Wildman–Crippen MR) is 158 cm³/mol. The van der Waals surface area contributed by atoms with E-state index in [9.17, 15) is 18.4 Å². The lowest BCUT2D eigenvalue weighted by Gasteiger charge is -2.30. The van der Waals surface area contributed by atoms with Gasteiger partial charge in [0, 0.05) is 38.0 Å². The van der Waals surface area contributed by atoms with Gasteiger partial charge in [0.2, 0.25) is 0 Å². The van der Waals surface area contributed by atoms with Crippen molar-refractivity contribution in [2.24, 2.45) is 5.73 Å². The highest BCUT2D eigenvalue weighted by Crippen LogP contribution is 2.31. The number of hydrogen-bond donors (Lipinski definition) is 3. The van der Waals surface area contributed by atoms with Crippen LogP contribution in [0, 0.1) is 11.6 Å². The zero-order valence-electron chi connectivity index (χ0n) is 25.3. The Morgan fingerprint density at radius 1 is 1.02 bits per heavy atom. The number of alkyl carbamates (subject to hydrolysis) is 1. The smallest absolute Gasteiger partial charge is 0.407 e. The van der Waals surface area contributed by atoms with Crippen LogP contribution < -0.4 is 16.4 Å². The van der Waals surface area contributed by atoms with Gasteiger partial charge < -0.3 is 35.3 Å². The highest BCUT2D eigenvalue weighted by atomic mass is 19.1. The number of benzene rings is 2. The van der Waals surface area contributed by atoms with Crippen LogP contribution in [0.15, 0.2) is 42.5 Å². The largest absolute Gasteiger partial charge is 0.458 e. The minimum Gasteiger partial charge on any atom is -0.458 e. The molecule has 11 heteroatoms. The van der Waals surface area contributed by atoms with E-state index in [4.69, 9.17) is 24.7 Å². The van der Waals surface area contributed by atoms with E-state index >= 15 is 0 Å². The van der Waals surface area contributed by atoms with Crippen LogP contribution in [0.1, 0.15) is 62.6 Å². The van der Waals surface area contributed by atoms with Crippen molar-refractivity contribution >= 4 is 12.1 Å². The lowest BCUT2D eigenvalue weighted by atomic mass is 9.99. The number of rotatable bonds is 17. The highest BCUT2D eigenvalue weighted by Gasteiger charge is 2.38. The molecule has 1 amide bonds. The summed E-state index contributed by atoms with van der Waals surface area (Å²) in [5, 5.41) is 5.85. The van der Waals surface area contributed by atoms with Crippen molar-refractivity contribution in [1.29, 1.82) is 0 Å². The van der Waals surface area contributed by atoms with E-state index < -0.39 is 47.7 Å². The third kappa shape index (κ3) is 11.1. The van der Waals surface area contributed by atoms with Crippen LogP contribution in [-0.4, -0.2) is 62.9 Å². The van der Waals surface area contributed by atoms with Crippen LogP contribution in [-0.2, 0) is 43.1 Å². The third-order valence-corrected chi connectivity index (χ3v) is 7.51. The van der Waals surface area contributed by atoms with E-state index in [1.165, 1.54) is 24.8 Å². The van der Waals surface area contributed by atoms with Gasteiger partial charge in [-0.2, -0.15) is 0 Å². The molecule has 0 aromatic heterocycles. The summed E-state index contributed by atoms with van der Waals surface area (Å²) in [5.74, 6) is -2.99. The quantitative estimate of drug-likeness (QED) is 0.225. The van der Waals surface area contributed by atoms with E-state index in [0.29, 0.717) is 38.2 Å². The molecule has 2 aromatic carbocycles. The maximum atomic E-state index is 13.9. The minimum atomic E-state index is -1.07. The maximum Gasteiger partial charge on any atom is 0.407 e. The summed E-state index contributed by atoms with van der Waals surface area (Å²) in [4.78, 5) is 25.7. The summed E-state index contributed by atoms with van der Waals surface area (Å²) >= 11 is 0. The van der Waals surface area contributed by atoms with E-state index in [0.717, 1.165) is 30.9 Å². The zero-order chi connectivity index (χ0) is 31.2. The van der Waals surface area contributed by atoms with Crippen molar-refractivity contribution in [2.75, 3.05) is 26.9 Å². The molecule has 1 saturated heterocycles. The van der Waals surface area contributed by atoms with Crippen molar-refractivity contribution in [3.8, 4) is 0 Å². The summed E-state index contributed by atoms with van der Waals surface area (Å²) < 4.78 is 50.2. The Morgan fingerprint density at radius 2 is 1.72 bits per heavy atom. The predicted octanol–water partition coefficient (Wildman–Crippen LogP) is 4.54. The van der Waals surface area contributed by atoms with E-state index in [-0.39, 0.29) is 19.4 Å². The summed E-state index contributed by atoms with van der Waals surface area (Å²) in [6, 6.07) is 9.40. The molecule has 0 bridgehead atoms. The first kappa shape index (κ1) is 34.4. The van der Waals surface area contributed by atoms with Crippen LogP contribution in [0.3, 0.4) is 0 Å². The molecule has 0 spiro atoms. The topological polar surface area (TPSA) is 121 Å². The fraction of sp³-hybridized carbons (Fsp3) is 0.562. The molecule has 2 aromatic rings. The van der Waals surface area contributed by atoms with Crippen molar-refractivity contribution in [2.45, 2.75) is 89.3 Å². The van der Waals surface area contributed by atoms with Gasteiger partial charge in [0.15, 0.2) is 5.79 Å². The number of aryl methyl sites for hydroxylation is 1. The van der Waals surface area contributed by atoms with E-state index in [1.54, 1.807) is 0 Å². The number of ether oxygens (including phenoxy) is 4. The molecule has 238 valence electrons. The van der Waals surface area contributed by atoms with Gasteiger partial charge >= 0.3 is 12.1 Å². The lowest BCUT2D eigenvalue weighted by molar-refractivity contribution is -0.171. The molecule has 1 heterocycles. The Hall–Kier alpha value is -3.12. The summed E-state index contributed by atoms with van der Waals surface area (Å²) in [5.41, 5.74) is 9.06. The van der Waals surface area contributed by atoms with Crippen molar-refractivity contribution in [1.82, 2.24) is 10.6 Å². The zero-order valence-corrected chi connectivity index (χ0v) is 25.3. The first-order valence-electron chi connectivity index (χ1n) is 15.0. The van der Waals surface area contributed by atoms with Crippen LogP contribution in [0.5, 0.6) is 0 Å². The number of hydrogen-bond acceptors (Lipinski definition) is 8. The molecule has 0 aliphatic carbocycles. The average molecular weight is 606 g/mol. The number of carbonyl (C=O) groups excluding carboxylic acids is 2. The molecule has 3 atom stereocenters. The molecule has 0 radical (unpaired) electrons. The Kier molecular flexibility index (Phi) is 13.8. The van der Waals surface area contributed by atoms with Gasteiger partial charge in [-0.15, -0.1) is 0 Å². The van der Waals surface area contributed by atoms with Gasteiger partial charge in [0.25, 0.3) is 0 Å². The second kappa shape index (κ2) is 17.2. The molecular formula is C32H45F2N3O6. The Morgan fingerprint density at radius 3 is 2.37 bits per heavy atom. The van der Waals surface area contributed by atoms with Crippen molar-refractivity contribution in [3.05, 3.63) is 70.8 Å². The molecule has 9 nitrogen and oxygen atoms in total. The second-order valence-electron chi connectivity index (χ2n) is 10.9. The normalized spacial score (nSPS) is 16.3. The van der Waals surface area contributed by atoms with E-state index in [1.807, 2.05) is 18.2 Å². The first-order chi connectivity index (χ1) is 20.7. The average Bonchev–Trinajstić information content (AvgIpc) is 3.46. The van der Waals surface area contributed by atoms with Crippen LogP contribution >= 0.6 is 0 Å². The Labute approximate surface area is 252 Å². The number of carbonyl (C=O) groups is 2. The minimum absolute atomic E-state index is 0.0521. The number of halogens is 2. The molecule has 0 saturated carbocycles. The summed E-state index contributed by atoms with van der Waals surface area (Å²) in [7, 11) is 1.21. The van der Waals surface area contributed by atoms with Crippen molar-refractivity contribution < 1.29 is 37.3 Å². The summed E-state index contributed by atoms with van der Waals surface area (Å²) in [6.45, 7) is 5.70. The highest BCUT2D eigenvalue weighted by molar-refractivity contribution is 5.81. The van der Waals surface area contributed by atoms with E-state index in [2.05, 4.69) is 30.5 Å². The van der Waals surface area contributed by atoms with Gasteiger partial charge in [-0.25, -0.2) is 18.4 Å². The number of esters is 1.